The lowest BCUT2D eigenvalue weighted by atomic mass is 10.3. The molecule has 1 aromatic carbocycles. The third-order valence-corrected chi connectivity index (χ3v) is 5.46. The Morgan fingerprint density at radius 2 is 1.89 bits per heavy atom. The molecule has 2 aromatic heterocycles. The summed E-state index contributed by atoms with van der Waals surface area (Å²) in [5.74, 6) is 0.791. The zero-order valence-corrected chi connectivity index (χ0v) is 17.0. The molecular formula is C18H24N5O4P. The Morgan fingerprint density at radius 1 is 1.14 bits per heavy atom. The molecular weight excluding hydrogens is 381 g/mol. The molecule has 0 aliphatic carbocycles. The maximum Gasteiger partial charge on any atom is 0.404 e. The Labute approximate surface area is 163 Å². The van der Waals surface area contributed by atoms with E-state index in [0.717, 1.165) is 0 Å². The molecule has 3 aromatic rings. The molecule has 2 heterocycles. The van der Waals surface area contributed by atoms with Gasteiger partial charge in [0.25, 0.3) is 0 Å². The van der Waals surface area contributed by atoms with Gasteiger partial charge in [-0.1, -0.05) is 18.2 Å². The Kier molecular flexibility index (Phi) is 6.28. The van der Waals surface area contributed by atoms with Gasteiger partial charge in [0.1, 0.15) is 17.6 Å². The first-order chi connectivity index (χ1) is 13.4. The van der Waals surface area contributed by atoms with E-state index in [0.29, 0.717) is 29.3 Å². The minimum Gasteiger partial charge on any atom is -0.423 e. The quantitative estimate of drug-likeness (QED) is 0.538. The highest BCUT2D eigenvalue weighted by atomic mass is 31.2. The van der Waals surface area contributed by atoms with Gasteiger partial charge < -0.3 is 19.6 Å². The van der Waals surface area contributed by atoms with E-state index in [-0.39, 0.29) is 18.6 Å². The van der Waals surface area contributed by atoms with Crippen LogP contribution in [0.2, 0.25) is 0 Å². The second kappa shape index (κ2) is 8.68. The third kappa shape index (κ3) is 5.07. The summed E-state index contributed by atoms with van der Waals surface area (Å²) in [5.41, 5.74) is 6.96. The van der Waals surface area contributed by atoms with Gasteiger partial charge in [0.2, 0.25) is 0 Å². The summed E-state index contributed by atoms with van der Waals surface area (Å²) in [6.45, 7) is 5.90. The van der Waals surface area contributed by atoms with E-state index in [1.54, 1.807) is 44.4 Å². The number of imidazole rings is 1. The first kappa shape index (κ1) is 20.3. The predicted octanol–water partition coefficient (Wildman–Crippen LogP) is 3.47. The first-order valence-corrected chi connectivity index (χ1v) is 10.6. The van der Waals surface area contributed by atoms with Crippen LogP contribution < -0.4 is 10.3 Å². The minimum atomic E-state index is -3.49. The number of rotatable bonds is 9. The molecule has 0 radical (unpaired) electrons. The van der Waals surface area contributed by atoms with Crippen LogP contribution in [0.3, 0.4) is 0 Å². The van der Waals surface area contributed by atoms with Crippen molar-refractivity contribution in [2.75, 3.05) is 12.1 Å². The molecule has 28 heavy (non-hydrogen) atoms. The van der Waals surface area contributed by atoms with Gasteiger partial charge in [-0.25, -0.2) is 19.5 Å². The molecule has 0 fully saturated rings. The molecule has 0 aliphatic rings. The summed E-state index contributed by atoms with van der Waals surface area (Å²) in [7, 11) is -3.49. The van der Waals surface area contributed by atoms with Crippen LogP contribution in [0.5, 0.6) is 5.75 Å². The highest BCUT2D eigenvalue weighted by molar-refractivity contribution is 7.54. The highest BCUT2D eigenvalue weighted by Gasteiger charge is 2.29. The van der Waals surface area contributed by atoms with Crippen LogP contribution >= 0.6 is 7.60 Å². The molecule has 0 saturated heterocycles. The van der Waals surface area contributed by atoms with E-state index in [2.05, 4.69) is 15.0 Å². The van der Waals surface area contributed by atoms with Gasteiger partial charge in [0.05, 0.1) is 25.1 Å². The van der Waals surface area contributed by atoms with Crippen LogP contribution in [-0.2, 0) is 20.4 Å². The maximum atomic E-state index is 13.1. The zero-order valence-electron chi connectivity index (χ0n) is 16.1. The Hall–Kier alpha value is -2.48. The average Bonchev–Trinajstić information content (AvgIpc) is 3.04. The van der Waals surface area contributed by atoms with Crippen molar-refractivity contribution < 1.29 is 18.3 Å². The highest BCUT2D eigenvalue weighted by Crippen LogP contribution is 2.49. The van der Waals surface area contributed by atoms with E-state index in [1.807, 2.05) is 17.6 Å². The molecule has 2 atom stereocenters. The van der Waals surface area contributed by atoms with Crippen LogP contribution in [0, 0.1) is 0 Å². The van der Waals surface area contributed by atoms with Gasteiger partial charge in [-0.15, -0.1) is 0 Å². The second-order valence-corrected chi connectivity index (χ2v) is 8.48. The van der Waals surface area contributed by atoms with Crippen molar-refractivity contribution in [3.05, 3.63) is 43.0 Å². The number of benzene rings is 1. The summed E-state index contributed by atoms with van der Waals surface area (Å²) in [6, 6.07) is 8.90. The summed E-state index contributed by atoms with van der Waals surface area (Å²) < 4.78 is 31.9. The van der Waals surface area contributed by atoms with Crippen molar-refractivity contribution in [3.8, 4) is 5.75 Å². The average molecular weight is 405 g/mol. The summed E-state index contributed by atoms with van der Waals surface area (Å²) in [4.78, 5) is 12.4. The van der Waals surface area contributed by atoms with Crippen molar-refractivity contribution in [1.29, 1.82) is 0 Å². The predicted molar refractivity (Wildman–Crippen MR) is 106 cm³/mol. The van der Waals surface area contributed by atoms with Gasteiger partial charge in [0, 0.05) is 0 Å². The Morgan fingerprint density at radius 3 is 2.61 bits per heavy atom. The monoisotopic (exact) mass is 405 g/mol. The van der Waals surface area contributed by atoms with Crippen LogP contribution in [0.4, 0.5) is 5.82 Å². The number of anilines is 1. The number of nitrogens with two attached hydrogens (primary N) is 1. The smallest absolute Gasteiger partial charge is 0.404 e. The van der Waals surface area contributed by atoms with E-state index in [1.165, 1.54) is 6.33 Å². The normalized spacial score (nSPS) is 14.9. The molecule has 9 nitrogen and oxygen atoms in total. The molecule has 3 rings (SSSR count). The van der Waals surface area contributed by atoms with Gasteiger partial charge in [-0.2, -0.15) is 0 Å². The number of fused-ring (bicyclic) bond motifs is 1. The van der Waals surface area contributed by atoms with Crippen molar-refractivity contribution in [2.24, 2.45) is 0 Å². The Balaban J connectivity index is 1.66. The van der Waals surface area contributed by atoms with Gasteiger partial charge >= 0.3 is 7.60 Å². The van der Waals surface area contributed by atoms with Crippen LogP contribution in [-0.4, -0.2) is 38.1 Å². The van der Waals surface area contributed by atoms with Crippen LogP contribution in [0.1, 0.15) is 20.8 Å². The molecule has 10 heteroatoms. The van der Waals surface area contributed by atoms with Gasteiger partial charge in [0.15, 0.2) is 17.8 Å². The molecule has 0 unspecified atom stereocenters. The van der Waals surface area contributed by atoms with Gasteiger partial charge in [-0.05, 0) is 32.9 Å². The minimum absolute atomic E-state index is 0.176. The van der Waals surface area contributed by atoms with Crippen LogP contribution in [0.15, 0.2) is 43.0 Å². The number of para-hydroxylation sites is 1. The lowest BCUT2D eigenvalue weighted by Crippen LogP contribution is -2.19. The van der Waals surface area contributed by atoms with Crippen molar-refractivity contribution >= 4 is 24.6 Å². The van der Waals surface area contributed by atoms with Crippen molar-refractivity contribution in [1.82, 2.24) is 19.5 Å². The fourth-order valence-corrected chi connectivity index (χ4v) is 4.30. The SMILES string of the molecule is CC(C)O[P@](=O)(CO[C@H](C)Cn1cnc2c(N)ncnc21)Oc1ccccc1. The number of ether oxygens (including phenoxy) is 1. The first-order valence-electron chi connectivity index (χ1n) is 8.91. The standard InChI is InChI=1S/C18H24N5O4P/c1-13(2)26-28(24,27-15-7-5-4-6-8-15)12-25-14(3)9-23-11-22-16-17(19)20-10-21-18(16)23/h4-8,10-11,13-14H,9,12H2,1-3H3,(H2,19,20,21)/t14-,28-/m1/s1. The lowest BCUT2D eigenvalue weighted by Gasteiger charge is -2.23. The topological polar surface area (TPSA) is 114 Å². The molecule has 2 N–H and O–H groups in total. The summed E-state index contributed by atoms with van der Waals surface area (Å²) in [6.07, 6.45) is 2.27. The number of hydrogen-bond acceptors (Lipinski definition) is 8. The lowest BCUT2D eigenvalue weighted by molar-refractivity contribution is 0.0689. The largest absolute Gasteiger partial charge is 0.423 e. The summed E-state index contributed by atoms with van der Waals surface area (Å²) >= 11 is 0. The zero-order chi connectivity index (χ0) is 20.1. The third-order valence-electron chi connectivity index (χ3n) is 3.76. The van der Waals surface area contributed by atoms with Crippen molar-refractivity contribution in [3.63, 3.8) is 0 Å². The van der Waals surface area contributed by atoms with E-state index in [4.69, 9.17) is 19.5 Å². The Bertz CT molecular complexity index is 963. The molecule has 0 spiro atoms. The second-order valence-electron chi connectivity index (χ2n) is 6.60. The number of aromatic nitrogens is 4. The number of hydrogen-bond donors (Lipinski definition) is 1. The van der Waals surface area contributed by atoms with Gasteiger partial charge in [-0.3, -0.25) is 4.52 Å². The fraction of sp³-hybridized carbons (Fsp3) is 0.389. The molecule has 0 aliphatic heterocycles. The van der Waals surface area contributed by atoms with Crippen LogP contribution in [0.25, 0.3) is 11.2 Å². The fourth-order valence-electron chi connectivity index (χ4n) is 2.62. The van der Waals surface area contributed by atoms with E-state index >= 15 is 0 Å². The van der Waals surface area contributed by atoms with Crippen molar-refractivity contribution in [2.45, 2.75) is 39.5 Å². The number of nitrogen functional groups attached to an aromatic ring is 1. The number of nitrogens with zero attached hydrogens (tertiary/aromatic N) is 4. The molecule has 0 amide bonds. The molecule has 0 bridgehead atoms. The van der Waals surface area contributed by atoms with E-state index in [9.17, 15) is 4.57 Å². The summed E-state index contributed by atoms with van der Waals surface area (Å²) in [5, 5.41) is 0. The maximum absolute atomic E-state index is 13.1. The molecule has 0 saturated carbocycles. The van der Waals surface area contributed by atoms with E-state index < -0.39 is 7.60 Å². The molecule has 150 valence electrons.